The van der Waals surface area contributed by atoms with Crippen molar-refractivity contribution < 1.29 is 4.79 Å². The van der Waals surface area contributed by atoms with Crippen LogP contribution in [0.3, 0.4) is 0 Å². The molecule has 138 valence electrons. The maximum absolute atomic E-state index is 11.3. The van der Waals surface area contributed by atoms with Crippen LogP contribution in [0.1, 0.15) is 106 Å². The van der Waals surface area contributed by atoms with Crippen molar-refractivity contribution in [1.82, 2.24) is 0 Å². The third-order valence-electron chi connectivity index (χ3n) is 7.06. The Labute approximate surface area is 154 Å². The van der Waals surface area contributed by atoms with Crippen LogP contribution in [0.15, 0.2) is 24.3 Å². The van der Waals surface area contributed by atoms with E-state index in [9.17, 15) is 4.79 Å². The van der Waals surface area contributed by atoms with Crippen molar-refractivity contribution in [1.29, 1.82) is 0 Å². The smallest absolute Gasteiger partial charge is 0.150 e. The maximum atomic E-state index is 11.3. The van der Waals surface area contributed by atoms with Gasteiger partial charge in [-0.05, 0) is 54.9 Å². The number of hydrogen-bond donors (Lipinski definition) is 0. The molecule has 1 heteroatoms. The summed E-state index contributed by atoms with van der Waals surface area (Å²) in [5.74, 6) is 3.60. The fourth-order valence-corrected chi connectivity index (χ4v) is 5.44. The number of carbonyl (C=O) groups excluding carboxylic acids is 1. The molecule has 0 amide bonds. The van der Waals surface area contributed by atoms with Crippen molar-refractivity contribution in [3.05, 3.63) is 35.4 Å². The lowest BCUT2D eigenvalue weighted by atomic mass is 9.73. The molecular weight excluding hydrogens is 304 g/mol. The van der Waals surface area contributed by atoms with E-state index >= 15 is 0 Å². The van der Waals surface area contributed by atoms with Crippen molar-refractivity contribution in [2.24, 2.45) is 17.8 Å². The largest absolute Gasteiger partial charge is 0.298 e. The van der Waals surface area contributed by atoms with Crippen LogP contribution in [-0.2, 0) is 0 Å². The first-order valence-corrected chi connectivity index (χ1v) is 10.8. The van der Waals surface area contributed by atoms with E-state index in [-0.39, 0.29) is 0 Å². The minimum Gasteiger partial charge on any atom is -0.298 e. The highest BCUT2D eigenvalue weighted by Gasteiger charge is 2.26. The minimum atomic E-state index is 0.613. The molecule has 2 aliphatic carbocycles. The molecule has 1 aromatic carbocycles. The summed E-state index contributed by atoms with van der Waals surface area (Å²) < 4.78 is 0. The molecule has 2 fully saturated rings. The summed E-state index contributed by atoms with van der Waals surface area (Å²) in [6.45, 7) is 2.33. The summed E-state index contributed by atoms with van der Waals surface area (Å²) in [7, 11) is 0. The fourth-order valence-electron chi connectivity index (χ4n) is 5.44. The molecule has 0 aromatic heterocycles. The van der Waals surface area contributed by atoms with E-state index in [1.807, 2.05) is 12.1 Å². The summed E-state index contributed by atoms with van der Waals surface area (Å²) in [5.41, 5.74) is 2.21. The third-order valence-corrected chi connectivity index (χ3v) is 7.06. The second-order valence-corrected chi connectivity index (χ2v) is 8.72. The first kappa shape index (κ1) is 18.7. The van der Waals surface area contributed by atoms with Gasteiger partial charge in [0.1, 0.15) is 6.29 Å². The molecule has 0 bridgehead atoms. The SMILES string of the molecule is CCC[C@H]1CC[C@H](CC[C@H]2CC[C@H](c3ccccc3C=O)CC2)CC1. The molecule has 2 aliphatic rings. The Morgan fingerprint density at radius 3 is 1.88 bits per heavy atom. The van der Waals surface area contributed by atoms with Gasteiger partial charge in [-0.1, -0.05) is 82.6 Å². The zero-order chi connectivity index (χ0) is 17.5. The van der Waals surface area contributed by atoms with Gasteiger partial charge < -0.3 is 0 Å². The lowest BCUT2D eigenvalue weighted by Gasteiger charge is -2.32. The Morgan fingerprint density at radius 1 is 0.800 bits per heavy atom. The predicted octanol–water partition coefficient (Wildman–Crippen LogP) is 7.16. The van der Waals surface area contributed by atoms with Crippen molar-refractivity contribution in [2.75, 3.05) is 0 Å². The Hall–Kier alpha value is -1.11. The molecule has 0 spiro atoms. The first-order chi connectivity index (χ1) is 12.3. The lowest BCUT2D eigenvalue weighted by Crippen LogP contribution is -2.18. The Bertz CT molecular complexity index is 519. The van der Waals surface area contributed by atoms with Crippen molar-refractivity contribution in [2.45, 2.75) is 89.9 Å². The predicted molar refractivity (Wildman–Crippen MR) is 106 cm³/mol. The third kappa shape index (κ3) is 5.19. The van der Waals surface area contributed by atoms with Crippen molar-refractivity contribution in [3.8, 4) is 0 Å². The van der Waals surface area contributed by atoms with Crippen LogP contribution in [0.25, 0.3) is 0 Å². The van der Waals surface area contributed by atoms with E-state index in [4.69, 9.17) is 0 Å². The van der Waals surface area contributed by atoms with Gasteiger partial charge in [-0.3, -0.25) is 4.79 Å². The summed E-state index contributed by atoms with van der Waals surface area (Å²) >= 11 is 0. The molecule has 1 aromatic rings. The van der Waals surface area contributed by atoms with Crippen LogP contribution >= 0.6 is 0 Å². The molecule has 0 atom stereocenters. The van der Waals surface area contributed by atoms with Crippen molar-refractivity contribution >= 4 is 6.29 Å². The highest BCUT2D eigenvalue weighted by molar-refractivity contribution is 5.77. The topological polar surface area (TPSA) is 17.1 Å². The molecule has 25 heavy (non-hydrogen) atoms. The van der Waals surface area contributed by atoms with Crippen molar-refractivity contribution in [3.63, 3.8) is 0 Å². The van der Waals surface area contributed by atoms with Gasteiger partial charge in [-0.25, -0.2) is 0 Å². The van der Waals surface area contributed by atoms with Crippen LogP contribution in [0.5, 0.6) is 0 Å². The number of carbonyl (C=O) groups is 1. The zero-order valence-corrected chi connectivity index (χ0v) is 16.1. The van der Waals surface area contributed by atoms with Crippen LogP contribution < -0.4 is 0 Å². The molecule has 0 aliphatic heterocycles. The van der Waals surface area contributed by atoms with Gasteiger partial charge >= 0.3 is 0 Å². The molecule has 0 saturated heterocycles. The second kappa shape index (κ2) is 9.55. The average molecular weight is 341 g/mol. The summed E-state index contributed by atoms with van der Waals surface area (Å²) in [5, 5.41) is 0. The lowest BCUT2D eigenvalue weighted by molar-refractivity contribution is 0.112. The molecule has 2 saturated carbocycles. The van der Waals surface area contributed by atoms with Crippen LogP contribution in [0.4, 0.5) is 0 Å². The van der Waals surface area contributed by atoms with E-state index in [1.165, 1.54) is 82.6 Å². The molecule has 1 nitrogen and oxygen atoms in total. The summed E-state index contributed by atoms with van der Waals surface area (Å²) in [6, 6.07) is 8.21. The van der Waals surface area contributed by atoms with Crippen LogP contribution in [0.2, 0.25) is 0 Å². The first-order valence-electron chi connectivity index (χ1n) is 10.8. The molecule has 0 unspecified atom stereocenters. The number of hydrogen-bond acceptors (Lipinski definition) is 1. The Morgan fingerprint density at radius 2 is 1.32 bits per heavy atom. The van der Waals surface area contributed by atoms with Gasteiger partial charge in [-0.15, -0.1) is 0 Å². The number of benzene rings is 1. The standard InChI is InChI=1S/C24H36O/c1-2-5-19-8-10-20(11-9-19)12-13-21-14-16-22(17-15-21)24-7-4-3-6-23(24)18-25/h3-4,6-7,18-22H,2,5,8-17H2,1H3/t19-,20-,21-,22-. The van der Waals surface area contributed by atoms with E-state index < -0.39 is 0 Å². The van der Waals surface area contributed by atoms with Gasteiger partial charge in [0, 0.05) is 5.56 Å². The molecule has 0 radical (unpaired) electrons. The van der Waals surface area contributed by atoms with Crippen LogP contribution in [0, 0.1) is 17.8 Å². The molecule has 3 rings (SSSR count). The minimum absolute atomic E-state index is 0.613. The van der Waals surface area contributed by atoms with Gasteiger partial charge in [-0.2, -0.15) is 0 Å². The van der Waals surface area contributed by atoms with E-state index in [0.29, 0.717) is 5.92 Å². The maximum Gasteiger partial charge on any atom is 0.150 e. The number of aldehydes is 1. The molecular formula is C24H36O. The second-order valence-electron chi connectivity index (χ2n) is 8.72. The van der Waals surface area contributed by atoms with E-state index in [2.05, 4.69) is 19.1 Å². The Kier molecular flexibility index (Phi) is 7.13. The Balaban J connectivity index is 1.39. The monoisotopic (exact) mass is 340 g/mol. The van der Waals surface area contributed by atoms with Gasteiger partial charge in [0.05, 0.1) is 0 Å². The number of rotatable bonds is 7. The van der Waals surface area contributed by atoms with Gasteiger partial charge in [0.2, 0.25) is 0 Å². The average Bonchev–Trinajstić information content (AvgIpc) is 2.68. The van der Waals surface area contributed by atoms with E-state index in [0.717, 1.165) is 29.6 Å². The molecule has 0 N–H and O–H groups in total. The molecule has 0 heterocycles. The highest BCUT2D eigenvalue weighted by Crippen LogP contribution is 2.40. The summed E-state index contributed by atoms with van der Waals surface area (Å²) in [6.07, 6.45) is 18.0. The van der Waals surface area contributed by atoms with Gasteiger partial charge in [0.25, 0.3) is 0 Å². The van der Waals surface area contributed by atoms with E-state index in [1.54, 1.807) is 0 Å². The fraction of sp³-hybridized carbons (Fsp3) is 0.708. The highest BCUT2D eigenvalue weighted by atomic mass is 16.1. The zero-order valence-electron chi connectivity index (χ0n) is 16.1. The normalized spacial score (nSPS) is 30.1. The quantitative estimate of drug-likeness (QED) is 0.481. The van der Waals surface area contributed by atoms with Crippen LogP contribution in [-0.4, -0.2) is 6.29 Å². The van der Waals surface area contributed by atoms with Gasteiger partial charge in [0.15, 0.2) is 0 Å². The summed E-state index contributed by atoms with van der Waals surface area (Å²) in [4.78, 5) is 11.3.